The molecular formula is C13H15NO6. The zero-order chi connectivity index (χ0) is 15.0. The molecule has 20 heavy (non-hydrogen) atoms. The molecule has 0 spiro atoms. The summed E-state index contributed by atoms with van der Waals surface area (Å²) in [5.74, 6) is -1.86. The van der Waals surface area contributed by atoms with Crippen LogP contribution < -0.4 is 5.32 Å². The summed E-state index contributed by atoms with van der Waals surface area (Å²) in [6.07, 6.45) is 3.90. The number of esters is 1. The average molecular weight is 281 g/mol. The van der Waals surface area contributed by atoms with Gasteiger partial charge in [0, 0.05) is 12.5 Å². The summed E-state index contributed by atoms with van der Waals surface area (Å²) in [7, 11) is 1.21. The van der Waals surface area contributed by atoms with Crippen LogP contribution in [0, 0.1) is 0 Å². The van der Waals surface area contributed by atoms with Crippen LogP contribution in [-0.2, 0) is 19.1 Å². The summed E-state index contributed by atoms with van der Waals surface area (Å²) in [5.41, 5.74) is 0. The Hall–Kier alpha value is -2.57. The second-order valence-corrected chi connectivity index (χ2v) is 3.86. The van der Waals surface area contributed by atoms with E-state index in [1.54, 1.807) is 12.1 Å². The van der Waals surface area contributed by atoms with Gasteiger partial charge in [-0.15, -0.1) is 0 Å². The third-order valence-corrected chi connectivity index (χ3v) is 2.42. The number of ether oxygens (including phenoxy) is 1. The maximum absolute atomic E-state index is 11.5. The Morgan fingerprint density at radius 3 is 2.80 bits per heavy atom. The van der Waals surface area contributed by atoms with Gasteiger partial charge >= 0.3 is 11.9 Å². The van der Waals surface area contributed by atoms with Crippen molar-refractivity contribution in [3.8, 4) is 0 Å². The number of carbonyl (C=O) groups is 3. The number of nitrogens with one attached hydrogen (secondary N) is 1. The van der Waals surface area contributed by atoms with E-state index >= 15 is 0 Å². The van der Waals surface area contributed by atoms with Crippen LogP contribution in [0.1, 0.15) is 18.6 Å². The predicted octanol–water partition coefficient (Wildman–Crippen LogP) is 0.815. The highest BCUT2D eigenvalue weighted by Gasteiger charge is 2.20. The van der Waals surface area contributed by atoms with E-state index in [1.165, 1.54) is 19.4 Å². The predicted molar refractivity (Wildman–Crippen MR) is 68.6 cm³/mol. The first-order valence-corrected chi connectivity index (χ1v) is 5.84. The molecule has 0 bridgehead atoms. The molecule has 0 aliphatic rings. The summed E-state index contributed by atoms with van der Waals surface area (Å²) in [4.78, 5) is 33.5. The maximum atomic E-state index is 11.5. The fourth-order valence-electron chi connectivity index (χ4n) is 1.39. The van der Waals surface area contributed by atoms with Crippen molar-refractivity contribution >= 4 is 23.9 Å². The Morgan fingerprint density at radius 1 is 1.50 bits per heavy atom. The highest BCUT2D eigenvalue weighted by atomic mass is 16.5. The van der Waals surface area contributed by atoms with Crippen LogP contribution in [0.2, 0.25) is 0 Å². The minimum atomic E-state index is -1.21. The van der Waals surface area contributed by atoms with Gasteiger partial charge in [0.15, 0.2) is 0 Å². The third-order valence-electron chi connectivity index (χ3n) is 2.42. The lowest BCUT2D eigenvalue weighted by Gasteiger charge is -2.12. The number of aliphatic carboxylic acids is 1. The standard InChI is InChI=1S/C13H15NO6/c1-19-12(16)7-5-10(13(17)18)14-11(15)6-4-9-3-2-8-20-9/h2-4,6,8,10H,5,7H2,1H3,(H,14,15)(H,17,18)/b6-4+/t10-/m0/s1. The first-order chi connectivity index (χ1) is 9.52. The van der Waals surface area contributed by atoms with Gasteiger partial charge in [0.25, 0.3) is 0 Å². The van der Waals surface area contributed by atoms with Crippen molar-refractivity contribution in [2.75, 3.05) is 7.11 Å². The van der Waals surface area contributed by atoms with E-state index in [2.05, 4.69) is 10.1 Å². The molecule has 7 heteroatoms. The van der Waals surface area contributed by atoms with Crippen molar-refractivity contribution in [3.63, 3.8) is 0 Å². The minimum absolute atomic E-state index is 0.0393. The Bertz CT molecular complexity index is 491. The van der Waals surface area contributed by atoms with Crippen LogP contribution in [-0.4, -0.2) is 36.1 Å². The van der Waals surface area contributed by atoms with Crippen molar-refractivity contribution in [1.82, 2.24) is 5.32 Å². The van der Waals surface area contributed by atoms with Crippen LogP contribution in [0.5, 0.6) is 0 Å². The van der Waals surface area contributed by atoms with E-state index in [9.17, 15) is 14.4 Å². The second kappa shape index (κ2) is 7.78. The fraction of sp³-hybridized carbons (Fsp3) is 0.308. The number of carboxylic acids is 1. The molecule has 7 nitrogen and oxygen atoms in total. The van der Waals surface area contributed by atoms with Gasteiger partial charge < -0.3 is 19.6 Å². The molecule has 0 fully saturated rings. The average Bonchev–Trinajstić information content (AvgIpc) is 2.93. The van der Waals surface area contributed by atoms with E-state index in [0.717, 1.165) is 6.08 Å². The van der Waals surface area contributed by atoms with Crippen LogP contribution in [0.3, 0.4) is 0 Å². The van der Waals surface area contributed by atoms with E-state index in [4.69, 9.17) is 9.52 Å². The number of rotatable bonds is 7. The number of carboxylic acid groups (broad SMARTS) is 1. The van der Waals surface area contributed by atoms with Gasteiger partial charge in [-0.1, -0.05) is 0 Å². The van der Waals surface area contributed by atoms with Crippen molar-refractivity contribution in [1.29, 1.82) is 0 Å². The van der Waals surface area contributed by atoms with Crippen molar-refractivity contribution in [3.05, 3.63) is 30.2 Å². The minimum Gasteiger partial charge on any atom is -0.480 e. The quantitative estimate of drug-likeness (QED) is 0.566. The van der Waals surface area contributed by atoms with Crippen LogP contribution in [0.25, 0.3) is 6.08 Å². The number of hydrogen-bond acceptors (Lipinski definition) is 5. The monoisotopic (exact) mass is 281 g/mol. The number of carbonyl (C=O) groups excluding carboxylic acids is 2. The summed E-state index contributed by atoms with van der Waals surface area (Å²) in [5, 5.41) is 11.2. The summed E-state index contributed by atoms with van der Waals surface area (Å²) < 4.78 is 9.40. The van der Waals surface area contributed by atoms with Crippen LogP contribution >= 0.6 is 0 Å². The molecule has 1 aromatic rings. The summed E-state index contributed by atoms with van der Waals surface area (Å²) in [6, 6.07) is 2.16. The molecule has 1 atom stereocenters. The largest absolute Gasteiger partial charge is 0.480 e. The van der Waals surface area contributed by atoms with Gasteiger partial charge in [0.2, 0.25) is 5.91 Å². The molecule has 0 radical (unpaired) electrons. The van der Waals surface area contributed by atoms with Gasteiger partial charge in [-0.25, -0.2) is 4.79 Å². The van der Waals surface area contributed by atoms with E-state index in [1.807, 2.05) is 0 Å². The van der Waals surface area contributed by atoms with Gasteiger partial charge in [0.05, 0.1) is 13.4 Å². The highest BCUT2D eigenvalue weighted by molar-refractivity contribution is 5.94. The first-order valence-electron chi connectivity index (χ1n) is 5.84. The molecule has 1 heterocycles. The van der Waals surface area contributed by atoms with Crippen LogP contribution in [0.4, 0.5) is 0 Å². The molecule has 1 amide bonds. The molecule has 0 saturated carbocycles. The van der Waals surface area contributed by atoms with Gasteiger partial charge in [-0.05, 0) is 24.6 Å². The molecular weight excluding hydrogens is 266 g/mol. The molecule has 108 valence electrons. The van der Waals surface area contributed by atoms with Crippen molar-refractivity contribution < 1.29 is 28.6 Å². The molecule has 2 N–H and O–H groups in total. The van der Waals surface area contributed by atoms with E-state index in [0.29, 0.717) is 5.76 Å². The van der Waals surface area contributed by atoms with Crippen molar-refractivity contribution in [2.24, 2.45) is 0 Å². The topological polar surface area (TPSA) is 106 Å². The Balaban J connectivity index is 2.50. The van der Waals surface area contributed by atoms with Gasteiger partial charge in [0.1, 0.15) is 11.8 Å². The lowest BCUT2D eigenvalue weighted by molar-refractivity contribution is -0.143. The number of furan rings is 1. The first kappa shape index (κ1) is 15.5. The molecule has 0 aliphatic carbocycles. The Kier molecular flexibility index (Phi) is 6.02. The third kappa shape index (κ3) is 5.38. The molecule has 0 saturated heterocycles. The zero-order valence-corrected chi connectivity index (χ0v) is 10.9. The molecule has 0 aliphatic heterocycles. The SMILES string of the molecule is COC(=O)CC[C@H](NC(=O)/C=C/c1ccco1)C(=O)O. The van der Waals surface area contributed by atoms with Gasteiger partial charge in [-0.3, -0.25) is 9.59 Å². The van der Waals surface area contributed by atoms with Gasteiger partial charge in [-0.2, -0.15) is 0 Å². The maximum Gasteiger partial charge on any atom is 0.326 e. The smallest absolute Gasteiger partial charge is 0.326 e. The second-order valence-electron chi connectivity index (χ2n) is 3.86. The highest BCUT2D eigenvalue weighted by Crippen LogP contribution is 2.03. The van der Waals surface area contributed by atoms with E-state index < -0.39 is 23.9 Å². The zero-order valence-electron chi connectivity index (χ0n) is 10.9. The lowest BCUT2D eigenvalue weighted by atomic mass is 10.1. The summed E-state index contributed by atoms with van der Waals surface area (Å²) >= 11 is 0. The number of hydrogen-bond donors (Lipinski definition) is 2. The van der Waals surface area contributed by atoms with Crippen LogP contribution in [0.15, 0.2) is 28.9 Å². The number of methoxy groups -OCH3 is 1. The molecule has 1 aromatic heterocycles. The molecule has 1 rings (SSSR count). The fourth-order valence-corrected chi connectivity index (χ4v) is 1.39. The normalized spacial score (nSPS) is 12.1. The molecule has 0 aromatic carbocycles. The Morgan fingerprint density at radius 2 is 2.25 bits per heavy atom. The van der Waals surface area contributed by atoms with Crippen molar-refractivity contribution in [2.45, 2.75) is 18.9 Å². The van der Waals surface area contributed by atoms with E-state index in [-0.39, 0.29) is 12.8 Å². The summed E-state index contributed by atoms with van der Waals surface area (Å²) in [6.45, 7) is 0. The molecule has 0 unspecified atom stereocenters. The lowest BCUT2D eigenvalue weighted by Crippen LogP contribution is -2.40. The number of amides is 1. The Labute approximate surface area is 115 Å².